The van der Waals surface area contributed by atoms with Crippen molar-refractivity contribution >= 4 is 33.3 Å². The normalized spacial score (nSPS) is 12.2. The van der Waals surface area contributed by atoms with Crippen molar-refractivity contribution < 1.29 is 13.2 Å². The van der Waals surface area contributed by atoms with E-state index in [2.05, 4.69) is 5.32 Å². The Balaban J connectivity index is 1.77. The lowest BCUT2D eigenvalue weighted by molar-refractivity contribution is -0.117. The number of nitrogens with two attached hydrogens (primary N) is 1. The van der Waals surface area contributed by atoms with Crippen molar-refractivity contribution in [1.29, 1.82) is 0 Å². The maximum Gasteiger partial charge on any atom is 0.246 e. The number of hydrogen-bond acceptors (Lipinski definition) is 4. The van der Waals surface area contributed by atoms with E-state index in [4.69, 9.17) is 5.14 Å². The zero-order valence-corrected chi connectivity index (χ0v) is 15.0. The summed E-state index contributed by atoms with van der Waals surface area (Å²) in [6.07, 6.45) is 3.39. The molecule has 0 radical (unpaired) electrons. The first-order valence-electron chi connectivity index (χ1n) is 7.48. The van der Waals surface area contributed by atoms with Crippen LogP contribution in [0, 0.1) is 0 Å². The average molecular weight is 364 g/mol. The number of carbonyl (C=O) groups excluding carboxylic acids is 1. The van der Waals surface area contributed by atoms with Crippen LogP contribution in [0.2, 0.25) is 0 Å². The second kappa shape index (κ2) is 8.23. The Labute approximate surface area is 146 Å². The highest BCUT2D eigenvalue weighted by molar-refractivity contribution is 7.89. The summed E-state index contributed by atoms with van der Waals surface area (Å²) in [4.78, 5) is 13.1. The van der Waals surface area contributed by atoms with Gasteiger partial charge in [0.15, 0.2) is 0 Å². The summed E-state index contributed by atoms with van der Waals surface area (Å²) in [5.74, 6) is -0.0760. The molecule has 0 saturated carbocycles. The first-order chi connectivity index (χ1) is 11.4. The van der Waals surface area contributed by atoms with Crippen LogP contribution in [0.25, 0.3) is 6.08 Å². The highest BCUT2D eigenvalue weighted by atomic mass is 32.2. The molecule has 3 N–H and O–H groups in total. The summed E-state index contributed by atoms with van der Waals surface area (Å²) in [6, 6.07) is 10.4. The number of nitrogens with one attached hydrogen (secondary N) is 1. The second-order valence-electron chi connectivity index (χ2n) is 5.39. The van der Waals surface area contributed by atoms with Crippen molar-refractivity contribution in [2.75, 3.05) is 6.54 Å². The average Bonchev–Trinajstić information content (AvgIpc) is 3.04. The Bertz CT molecular complexity index is 808. The van der Waals surface area contributed by atoms with Gasteiger partial charge in [0.2, 0.25) is 15.9 Å². The number of thiophene rings is 1. The van der Waals surface area contributed by atoms with Crippen molar-refractivity contribution in [2.24, 2.45) is 5.14 Å². The lowest BCUT2D eigenvalue weighted by atomic mass is 10.1. The van der Waals surface area contributed by atoms with E-state index in [1.807, 2.05) is 23.6 Å². The largest absolute Gasteiger partial charge is 0.352 e. The molecule has 7 heteroatoms. The first kappa shape index (κ1) is 18.4. The van der Waals surface area contributed by atoms with Gasteiger partial charge in [-0.1, -0.05) is 18.2 Å². The molecule has 128 valence electrons. The zero-order valence-electron chi connectivity index (χ0n) is 13.4. The number of aryl methyl sites for hydroxylation is 1. The summed E-state index contributed by atoms with van der Waals surface area (Å²) in [7, 11) is -3.65. The van der Waals surface area contributed by atoms with Gasteiger partial charge in [0, 0.05) is 17.0 Å². The zero-order chi connectivity index (χ0) is 17.6. The van der Waals surface area contributed by atoms with E-state index in [9.17, 15) is 13.2 Å². The smallest absolute Gasteiger partial charge is 0.246 e. The van der Waals surface area contributed by atoms with Gasteiger partial charge in [-0.2, -0.15) is 0 Å². The van der Waals surface area contributed by atoms with Gasteiger partial charge in [0.25, 0.3) is 0 Å². The molecule has 1 aromatic carbocycles. The number of amides is 1. The molecule has 0 spiro atoms. The minimum atomic E-state index is -3.65. The lowest BCUT2D eigenvalue weighted by Crippen LogP contribution is -2.25. The van der Waals surface area contributed by atoms with Crippen molar-refractivity contribution in [3.05, 3.63) is 57.8 Å². The van der Waals surface area contributed by atoms with E-state index < -0.39 is 10.0 Å². The number of primary sulfonamides is 1. The molecule has 5 nitrogen and oxygen atoms in total. The fourth-order valence-electron chi connectivity index (χ4n) is 2.13. The van der Waals surface area contributed by atoms with Crippen LogP contribution >= 0.6 is 11.3 Å². The van der Waals surface area contributed by atoms with E-state index in [1.54, 1.807) is 30.4 Å². The molecule has 0 fully saturated rings. The van der Waals surface area contributed by atoms with Gasteiger partial charge in [-0.3, -0.25) is 4.79 Å². The van der Waals surface area contributed by atoms with Gasteiger partial charge in [-0.05, 0) is 55.0 Å². The molecule has 2 rings (SSSR count). The molecule has 0 aliphatic rings. The van der Waals surface area contributed by atoms with Crippen LogP contribution in [-0.2, 0) is 21.2 Å². The fraction of sp³-hybridized carbons (Fsp3) is 0.235. The van der Waals surface area contributed by atoms with Gasteiger partial charge in [0.05, 0.1) is 4.90 Å². The maximum atomic E-state index is 12.0. The van der Waals surface area contributed by atoms with E-state index in [0.717, 1.165) is 23.3 Å². The molecular formula is C17H20N2O3S2. The van der Waals surface area contributed by atoms with Crippen molar-refractivity contribution in [1.82, 2.24) is 5.32 Å². The van der Waals surface area contributed by atoms with Crippen molar-refractivity contribution in [3.8, 4) is 0 Å². The van der Waals surface area contributed by atoms with Gasteiger partial charge in [-0.25, -0.2) is 13.6 Å². The van der Waals surface area contributed by atoms with Crippen LogP contribution in [0.5, 0.6) is 0 Å². The standard InChI is InChI=1S/C17H20N2O3S2/c1-13(12-15-5-3-11-23-15)17(20)19-10-2-4-14-6-8-16(9-7-14)24(18,21)22/h3,5-9,11-12H,2,4,10H2,1H3,(H,19,20)(H2,18,21,22)/b13-12+. The molecule has 0 atom stereocenters. The lowest BCUT2D eigenvalue weighted by Gasteiger charge is -2.06. The summed E-state index contributed by atoms with van der Waals surface area (Å²) in [5, 5.41) is 9.91. The van der Waals surface area contributed by atoms with Crippen LogP contribution < -0.4 is 10.5 Å². The summed E-state index contributed by atoms with van der Waals surface area (Å²) in [6.45, 7) is 2.35. The summed E-state index contributed by atoms with van der Waals surface area (Å²) in [5.41, 5.74) is 1.68. The van der Waals surface area contributed by atoms with Crippen LogP contribution in [0.3, 0.4) is 0 Å². The third-order valence-electron chi connectivity index (χ3n) is 3.44. The quantitative estimate of drug-likeness (QED) is 0.584. The van der Waals surface area contributed by atoms with Crippen molar-refractivity contribution in [3.63, 3.8) is 0 Å². The van der Waals surface area contributed by atoms with Gasteiger partial charge >= 0.3 is 0 Å². The summed E-state index contributed by atoms with van der Waals surface area (Å²) >= 11 is 1.59. The third kappa shape index (κ3) is 5.59. The monoisotopic (exact) mass is 364 g/mol. The number of hydrogen-bond donors (Lipinski definition) is 2. The maximum absolute atomic E-state index is 12.0. The SMILES string of the molecule is C/C(=C\c1cccs1)C(=O)NCCCc1ccc(S(N)(=O)=O)cc1. The number of rotatable bonds is 7. The third-order valence-corrected chi connectivity index (χ3v) is 5.19. The number of carbonyl (C=O) groups is 1. The molecule has 1 heterocycles. The molecule has 0 aliphatic heterocycles. The minimum Gasteiger partial charge on any atom is -0.352 e. The van der Waals surface area contributed by atoms with E-state index in [0.29, 0.717) is 12.1 Å². The predicted octanol–water partition coefficient (Wildman–Crippen LogP) is 2.55. The molecule has 0 saturated heterocycles. The molecule has 0 unspecified atom stereocenters. The highest BCUT2D eigenvalue weighted by Gasteiger charge is 2.07. The van der Waals surface area contributed by atoms with E-state index >= 15 is 0 Å². The van der Waals surface area contributed by atoms with E-state index in [-0.39, 0.29) is 10.8 Å². The van der Waals surface area contributed by atoms with Crippen LogP contribution in [0.1, 0.15) is 23.8 Å². The molecule has 0 aliphatic carbocycles. The Morgan fingerprint density at radius 2 is 1.96 bits per heavy atom. The highest BCUT2D eigenvalue weighted by Crippen LogP contribution is 2.13. The van der Waals surface area contributed by atoms with Crippen LogP contribution in [-0.4, -0.2) is 20.9 Å². The molecule has 24 heavy (non-hydrogen) atoms. The first-order valence-corrected chi connectivity index (χ1v) is 9.90. The number of sulfonamides is 1. The summed E-state index contributed by atoms with van der Waals surface area (Å²) < 4.78 is 22.4. The Morgan fingerprint density at radius 1 is 1.25 bits per heavy atom. The molecule has 1 amide bonds. The Hall–Kier alpha value is -1.96. The molecule has 1 aromatic heterocycles. The molecule has 0 bridgehead atoms. The van der Waals surface area contributed by atoms with Gasteiger partial charge < -0.3 is 5.32 Å². The predicted molar refractivity (Wildman–Crippen MR) is 97.1 cm³/mol. The molecular weight excluding hydrogens is 344 g/mol. The number of benzene rings is 1. The van der Waals surface area contributed by atoms with Crippen LogP contribution in [0.15, 0.2) is 52.2 Å². The minimum absolute atomic E-state index is 0.0760. The van der Waals surface area contributed by atoms with Crippen molar-refractivity contribution in [2.45, 2.75) is 24.7 Å². The van der Waals surface area contributed by atoms with Crippen LogP contribution in [0.4, 0.5) is 0 Å². The molecule has 2 aromatic rings. The second-order valence-corrected chi connectivity index (χ2v) is 7.93. The van der Waals surface area contributed by atoms with E-state index in [1.165, 1.54) is 12.1 Å². The fourth-order valence-corrected chi connectivity index (χ4v) is 3.36. The van der Waals surface area contributed by atoms with Gasteiger partial charge in [-0.15, -0.1) is 11.3 Å². The Morgan fingerprint density at radius 3 is 2.54 bits per heavy atom. The Kier molecular flexibility index (Phi) is 6.30. The van der Waals surface area contributed by atoms with Gasteiger partial charge in [0.1, 0.15) is 0 Å². The topological polar surface area (TPSA) is 89.3 Å².